The number of unbranched alkanes of at least 4 members (excludes halogenated alkanes) is 3. The Morgan fingerprint density at radius 3 is 2.68 bits per heavy atom. The van der Waals surface area contributed by atoms with Gasteiger partial charge < -0.3 is 5.11 Å². The molecule has 0 saturated carbocycles. The Morgan fingerprint density at radius 1 is 1.16 bits per heavy atom. The molecule has 104 valence electrons. The van der Waals surface area contributed by atoms with Gasteiger partial charge in [-0.05, 0) is 25.5 Å². The van der Waals surface area contributed by atoms with Crippen LogP contribution in [0.4, 0.5) is 0 Å². The summed E-state index contributed by atoms with van der Waals surface area (Å²) in [6, 6.07) is 8.27. The zero-order valence-corrected chi connectivity index (χ0v) is 12.0. The topological polar surface area (TPSA) is 29.0 Å². The molecule has 0 amide bonds. The molecule has 3 nitrogen and oxygen atoms in total. The number of nitrogens with zero attached hydrogens (tertiary/aromatic N) is 2. The van der Waals surface area contributed by atoms with Gasteiger partial charge >= 0.3 is 0 Å². The number of rotatable bonds is 7. The maximum absolute atomic E-state index is 10.4. The molecule has 0 fully saturated rings. The van der Waals surface area contributed by atoms with Gasteiger partial charge in [-0.25, -0.2) is 9.13 Å². The van der Waals surface area contributed by atoms with E-state index in [2.05, 4.69) is 30.5 Å². The second kappa shape index (κ2) is 6.71. The van der Waals surface area contributed by atoms with Crippen molar-refractivity contribution in [1.82, 2.24) is 4.57 Å². The van der Waals surface area contributed by atoms with Crippen molar-refractivity contribution in [2.45, 2.75) is 58.7 Å². The summed E-state index contributed by atoms with van der Waals surface area (Å²) in [6.07, 6.45) is 7.26. The molecule has 1 N–H and O–H groups in total. The predicted molar refractivity (Wildman–Crippen MR) is 77.8 cm³/mol. The van der Waals surface area contributed by atoms with E-state index in [0.29, 0.717) is 0 Å². The highest BCUT2D eigenvalue weighted by molar-refractivity contribution is 5.71. The van der Waals surface area contributed by atoms with E-state index in [-0.39, 0.29) is 0 Å². The molecule has 0 radical (unpaired) electrons. The molecule has 0 aliphatic carbocycles. The lowest BCUT2D eigenvalue weighted by Crippen LogP contribution is -2.30. The van der Waals surface area contributed by atoms with Gasteiger partial charge in [0.25, 0.3) is 0 Å². The van der Waals surface area contributed by atoms with Crippen molar-refractivity contribution < 1.29 is 9.67 Å². The van der Waals surface area contributed by atoms with E-state index in [1.54, 1.807) is 0 Å². The Balaban J connectivity index is 2.15. The fourth-order valence-electron chi connectivity index (χ4n) is 2.58. The summed E-state index contributed by atoms with van der Waals surface area (Å²) in [6.45, 7) is 5.26. The largest absolute Gasteiger partial charge is 0.355 e. The molecule has 1 unspecified atom stereocenters. The van der Waals surface area contributed by atoms with Crippen LogP contribution in [0.5, 0.6) is 0 Å². The van der Waals surface area contributed by atoms with Crippen molar-refractivity contribution in [3.8, 4) is 0 Å². The van der Waals surface area contributed by atoms with Gasteiger partial charge in [-0.15, -0.1) is 0 Å². The average Bonchev–Trinajstić information content (AvgIpc) is 2.82. The molecule has 0 bridgehead atoms. The molecular formula is C16H25N2O+. The van der Waals surface area contributed by atoms with Crippen LogP contribution >= 0.6 is 0 Å². The third-order valence-electron chi connectivity index (χ3n) is 3.71. The van der Waals surface area contributed by atoms with Crippen LogP contribution in [-0.4, -0.2) is 9.67 Å². The third kappa shape index (κ3) is 3.16. The van der Waals surface area contributed by atoms with Gasteiger partial charge in [0.2, 0.25) is 6.33 Å². The van der Waals surface area contributed by atoms with Gasteiger partial charge in [-0.2, -0.15) is 0 Å². The molecule has 0 aliphatic rings. The molecule has 0 saturated heterocycles. The summed E-state index contributed by atoms with van der Waals surface area (Å²) in [5.41, 5.74) is 2.31. The molecule has 1 aromatic heterocycles. The Bertz CT molecular complexity index is 518. The maximum atomic E-state index is 10.4. The van der Waals surface area contributed by atoms with Crippen molar-refractivity contribution in [1.29, 1.82) is 0 Å². The number of fused-ring (bicyclic) bond motifs is 1. The van der Waals surface area contributed by atoms with Crippen LogP contribution in [-0.2, 0) is 6.54 Å². The summed E-state index contributed by atoms with van der Waals surface area (Å²) in [5.74, 6) is 0. The number of aliphatic hydroxyl groups is 1. The van der Waals surface area contributed by atoms with E-state index in [1.165, 1.54) is 24.8 Å². The first-order chi connectivity index (χ1) is 9.27. The predicted octanol–water partition coefficient (Wildman–Crippen LogP) is 3.41. The van der Waals surface area contributed by atoms with Crippen molar-refractivity contribution in [2.75, 3.05) is 0 Å². The number of hydrogen-bond donors (Lipinski definition) is 1. The van der Waals surface area contributed by atoms with Crippen LogP contribution < -0.4 is 4.57 Å². The normalized spacial score (nSPS) is 13.0. The van der Waals surface area contributed by atoms with Crippen LogP contribution in [0.25, 0.3) is 11.0 Å². The first-order valence-electron chi connectivity index (χ1n) is 7.45. The Hall–Kier alpha value is -1.35. The quantitative estimate of drug-likeness (QED) is 0.600. The molecule has 1 aromatic carbocycles. The van der Waals surface area contributed by atoms with Gasteiger partial charge in [0.05, 0.1) is 6.54 Å². The van der Waals surface area contributed by atoms with Crippen LogP contribution in [0.1, 0.15) is 52.2 Å². The van der Waals surface area contributed by atoms with E-state index in [9.17, 15) is 5.11 Å². The highest BCUT2D eigenvalue weighted by Crippen LogP contribution is 2.19. The minimum atomic E-state index is -0.408. The lowest BCUT2D eigenvalue weighted by Gasteiger charge is -2.07. The number of hydrogen-bond acceptors (Lipinski definition) is 1. The van der Waals surface area contributed by atoms with Crippen LogP contribution in [0.3, 0.4) is 0 Å². The van der Waals surface area contributed by atoms with Crippen LogP contribution in [0, 0.1) is 0 Å². The summed E-state index contributed by atoms with van der Waals surface area (Å²) in [7, 11) is 0. The second-order valence-electron chi connectivity index (χ2n) is 5.13. The highest BCUT2D eigenvalue weighted by atomic mass is 16.3. The number of aromatic nitrogens is 2. The van der Waals surface area contributed by atoms with Gasteiger partial charge in [0.1, 0.15) is 0 Å². The van der Waals surface area contributed by atoms with Gasteiger partial charge in [-0.1, -0.05) is 38.3 Å². The smallest absolute Gasteiger partial charge is 0.246 e. The fraction of sp³-hybridized carbons (Fsp3) is 0.562. The number of imidazole rings is 1. The van der Waals surface area contributed by atoms with E-state index >= 15 is 0 Å². The Morgan fingerprint density at radius 2 is 1.95 bits per heavy atom. The summed E-state index contributed by atoms with van der Waals surface area (Å²) in [4.78, 5) is 0. The first-order valence-corrected chi connectivity index (χ1v) is 7.45. The average molecular weight is 261 g/mol. The van der Waals surface area contributed by atoms with Gasteiger partial charge in [-0.3, -0.25) is 0 Å². The zero-order chi connectivity index (χ0) is 13.7. The summed E-state index contributed by atoms with van der Waals surface area (Å²) >= 11 is 0. The molecule has 3 heteroatoms. The lowest BCUT2D eigenvalue weighted by atomic mass is 10.1. The molecule has 19 heavy (non-hydrogen) atoms. The number of benzene rings is 1. The SMILES string of the molecule is CCCCCCC(O)n1c[n+](CC)c2ccccc21. The van der Waals surface area contributed by atoms with Crippen LogP contribution in [0.15, 0.2) is 30.6 Å². The minimum Gasteiger partial charge on any atom is -0.355 e. The zero-order valence-electron chi connectivity index (χ0n) is 12.0. The maximum Gasteiger partial charge on any atom is 0.246 e. The second-order valence-corrected chi connectivity index (χ2v) is 5.13. The Kier molecular flexibility index (Phi) is 4.97. The van der Waals surface area contributed by atoms with Crippen molar-refractivity contribution >= 4 is 11.0 Å². The molecular weight excluding hydrogens is 236 g/mol. The summed E-state index contributed by atoms with van der Waals surface area (Å²) < 4.78 is 4.19. The van der Waals surface area contributed by atoms with Gasteiger partial charge in [0.15, 0.2) is 17.3 Å². The Labute approximate surface area is 115 Å². The molecule has 0 aliphatic heterocycles. The summed E-state index contributed by atoms with van der Waals surface area (Å²) in [5, 5.41) is 10.4. The number of para-hydroxylation sites is 2. The third-order valence-corrected chi connectivity index (χ3v) is 3.71. The molecule has 0 spiro atoms. The van der Waals surface area contributed by atoms with E-state index in [4.69, 9.17) is 0 Å². The first kappa shape index (κ1) is 14.1. The standard InChI is InChI=1S/C16H25N2O/c1-3-5-6-7-12-16(19)18-13-17(4-2)14-10-8-9-11-15(14)18/h8-11,13,16,19H,3-7,12H2,1-2H3/q+1. The molecule has 1 atom stereocenters. The minimum absolute atomic E-state index is 0.408. The van der Waals surface area contributed by atoms with Crippen molar-refractivity contribution in [3.05, 3.63) is 30.6 Å². The van der Waals surface area contributed by atoms with E-state index < -0.39 is 6.23 Å². The highest BCUT2D eigenvalue weighted by Gasteiger charge is 2.19. The van der Waals surface area contributed by atoms with E-state index in [0.717, 1.165) is 24.9 Å². The molecule has 2 aromatic rings. The molecule has 1 heterocycles. The van der Waals surface area contributed by atoms with Crippen LogP contribution in [0.2, 0.25) is 0 Å². The monoisotopic (exact) mass is 261 g/mol. The molecule has 2 rings (SSSR count). The fourth-order valence-corrected chi connectivity index (χ4v) is 2.58. The number of aliphatic hydroxyl groups excluding tert-OH is 1. The van der Waals surface area contributed by atoms with Gasteiger partial charge in [0, 0.05) is 6.42 Å². The van der Waals surface area contributed by atoms with Crippen molar-refractivity contribution in [3.63, 3.8) is 0 Å². The van der Waals surface area contributed by atoms with E-state index in [1.807, 2.05) is 23.0 Å². The van der Waals surface area contributed by atoms with Crippen molar-refractivity contribution in [2.24, 2.45) is 0 Å². The number of aryl methyl sites for hydroxylation is 1. The lowest BCUT2D eigenvalue weighted by molar-refractivity contribution is -0.669.